The van der Waals surface area contributed by atoms with Crippen molar-refractivity contribution in [2.24, 2.45) is 5.92 Å². The molecule has 15 heavy (non-hydrogen) atoms. The fourth-order valence-corrected chi connectivity index (χ4v) is 1.56. The monoisotopic (exact) mass is 213 g/mol. The third-order valence-electron chi connectivity index (χ3n) is 2.46. The van der Waals surface area contributed by atoms with Crippen molar-refractivity contribution in [3.63, 3.8) is 0 Å². The second-order valence-electron chi connectivity index (χ2n) is 4.36. The lowest BCUT2D eigenvalue weighted by molar-refractivity contribution is -0.141. The van der Waals surface area contributed by atoms with Crippen LogP contribution in [0.3, 0.4) is 0 Å². The van der Waals surface area contributed by atoms with Crippen molar-refractivity contribution in [3.8, 4) is 0 Å². The molecule has 0 aromatic heterocycles. The zero-order valence-electron chi connectivity index (χ0n) is 9.41. The van der Waals surface area contributed by atoms with Gasteiger partial charge >= 0.3 is 5.97 Å². The highest BCUT2D eigenvalue weighted by Crippen LogP contribution is 2.08. The highest BCUT2D eigenvalue weighted by molar-refractivity contribution is 5.85. The minimum Gasteiger partial charge on any atom is -0.464 e. The Kier molecular flexibility index (Phi) is 4.59. The largest absolute Gasteiger partial charge is 0.464 e. The lowest BCUT2D eigenvalue weighted by Crippen LogP contribution is -2.37. The van der Waals surface area contributed by atoms with Crippen LogP contribution in [0.4, 0.5) is 0 Å². The maximum absolute atomic E-state index is 11.4. The van der Waals surface area contributed by atoms with Gasteiger partial charge < -0.3 is 10.1 Å². The molecule has 1 atom stereocenters. The highest BCUT2D eigenvalue weighted by Gasteiger charge is 2.27. The Balaban J connectivity index is 2.15. The SMILES string of the molecule is CC(C)CCCC(=O)N[C@H]1CCOC1=O. The molecule has 1 fully saturated rings. The van der Waals surface area contributed by atoms with Gasteiger partial charge in [0.1, 0.15) is 6.04 Å². The highest BCUT2D eigenvalue weighted by atomic mass is 16.5. The number of hydrogen-bond donors (Lipinski definition) is 1. The first kappa shape index (κ1) is 12.0. The van der Waals surface area contributed by atoms with Gasteiger partial charge in [-0.3, -0.25) is 4.79 Å². The molecule has 86 valence electrons. The maximum atomic E-state index is 11.4. The Morgan fingerprint density at radius 3 is 2.87 bits per heavy atom. The van der Waals surface area contributed by atoms with Crippen LogP contribution in [0.1, 0.15) is 39.5 Å². The second-order valence-corrected chi connectivity index (χ2v) is 4.36. The summed E-state index contributed by atoms with van der Waals surface area (Å²) in [4.78, 5) is 22.5. The summed E-state index contributed by atoms with van der Waals surface area (Å²) in [7, 11) is 0. The third-order valence-corrected chi connectivity index (χ3v) is 2.46. The van der Waals surface area contributed by atoms with Gasteiger partial charge in [-0.2, -0.15) is 0 Å². The molecule has 4 heteroatoms. The predicted octanol–water partition coefficient (Wildman–Crippen LogP) is 1.24. The van der Waals surface area contributed by atoms with Gasteiger partial charge in [-0.05, 0) is 12.3 Å². The van der Waals surface area contributed by atoms with E-state index in [0.29, 0.717) is 25.4 Å². The van der Waals surface area contributed by atoms with Crippen molar-refractivity contribution in [2.45, 2.75) is 45.6 Å². The number of esters is 1. The number of nitrogens with one attached hydrogen (secondary N) is 1. The molecule has 0 spiro atoms. The molecule has 0 radical (unpaired) electrons. The van der Waals surface area contributed by atoms with E-state index in [-0.39, 0.29) is 11.9 Å². The van der Waals surface area contributed by atoms with Crippen LogP contribution in [0.15, 0.2) is 0 Å². The molecular weight excluding hydrogens is 194 g/mol. The summed E-state index contributed by atoms with van der Waals surface area (Å²) in [6.45, 7) is 4.69. The fraction of sp³-hybridized carbons (Fsp3) is 0.818. The van der Waals surface area contributed by atoms with E-state index in [4.69, 9.17) is 4.74 Å². The van der Waals surface area contributed by atoms with Crippen LogP contribution in [0, 0.1) is 5.92 Å². The molecule has 0 aromatic rings. The van der Waals surface area contributed by atoms with Crippen LogP contribution in [0.5, 0.6) is 0 Å². The lowest BCUT2D eigenvalue weighted by atomic mass is 10.1. The van der Waals surface area contributed by atoms with Gasteiger partial charge in [0.25, 0.3) is 0 Å². The Morgan fingerprint density at radius 2 is 2.33 bits per heavy atom. The predicted molar refractivity (Wildman–Crippen MR) is 56.2 cm³/mol. The minimum atomic E-state index is -0.406. The molecule has 0 unspecified atom stereocenters. The van der Waals surface area contributed by atoms with E-state index in [1.54, 1.807) is 0 Å². The van der Waals surface area contributed by atoms with Gasteiger partial charge in [-0.15, -0.1) is 0 Å². The smallest absolute Gasteiger partial charge is 0.328 e. The van der Waals surface area contributed by atoms with Crippen molar-refractivity contribution in [2.75, 3.05) is 6.61 Å². The Morgan fingerprint density at radius 1 is 1.60 bits per heavy atom. The molecule has 0 saturated carbocycles. The Bertz CT molecular complexity index is 238. The zero-order valence-corrected chi connectivity index (χ0v) is 9.41. The normalized spacial score (nSPS) is 20.5. The van der Waals surface area contributed by atoms with Crippen molar-refractivity contribution < 1.29 is 14.3 Å². The van der Waals surface area contributed by atoms with Gasteiger partial charge in [0.2, 0.25) is 5.91 Å². The minimum absolute atomic E-state index is 0.0421. The molecule has 0 bridgehead atoms. The van der Waals surface area contributed by atoms with Gasteiger partial charge in [0, 0.05) is 12.8 Å². The molecule has 1 amide bonds. The average Bonchev–Trinajstić information content (AvgIpc) is 2.51. The van der Waals surface area contributed by atoms with Gasteiger partial charge in [-0.25, -0.2) is 4.79 Å². The topological polar surface area (TPSA) is 55.4 Å². The number of ether oxygens (including phenoxy) is 1. The molecular formula is C11H19NO3. The van der Waals surface area contributed by atoms with Gasteiger partial charge in [0.05, 0.1) is 6.61 Å². The summed E-state index contributed by atoms with van der Waals surface area (Å²) in [6, 6.07) is -0.406. The number of carbonyl (C=O) groups is 2. The Hall–Kier alpha value is -1.06. The van der Waals surface area contributed by atoms with Crippen LogP contribution >= 0.6 is 0 Å². The van der Waals surface area contributed by atoms with Crippen molar-refractivity contribution >= 4 is 11.9 Å². The fourth-order valence-electron chi connectivity index (χ4n) is 1.56. The van der Waals surface area contributed by atoms with Crippen LogP contribution in [-0.2, 0) is 14.3 Å². The first-order valence-corrected chi connectivity index (χ1v) is 5.55. The molecule has 1 N–H and O–H groups in total. The summed E-state index contributed by atoms with van der Waals surface area (Å²) < 4.78 is 4.76. The van der Waals surface area contributed by atoms with E-state index in [1.165, 1.54) is 0 Å². The maximum Gasteiger partial charge on any atom is 0.328 e. The van der Waals surface area contributed by atoms with Gasteiger partial charge in [0.15, 0.2) is 0 Å². The summed E-state index contributed by atoms with van der Waals surface area (Å²) in [5, 5.41) is 2.69. The van der Waals surface area contributed by atoms with E-state index in [0.717, 1.165) is 12.8 Å². The van der Waals surface area contributed by atoms with Crippen LogP contribution in [0.2, 0.25) is 0 Å². The molecule has 1 aliphatic rings. The Labute approximate surface area is 90.4 Å². The molecule has 0 aliphatic carbocycles. The van der Waals surface area contributed by atoms with Crippen molar-refractivity contribution in [3.05, 3.63) is 0 Å². The van der Waals surface area contributed by atoms with Crippen molar-refractivity contribution in [1.82, 2.24) is 5.32 Å². The zero-order chi connectivity index (χ0) is 11.3. The van der Waals surface area contributed by atoms with Gasteiger partial charge in [-0.1, -0.05) is 20.3 Å². The standard InChI is InChI=1S/C11H19NO3/c1-8(2)4-3-5-10(13)12-9-6-7-15-11(9)14/h8-9H,3-7H2,1-2H3,(H,12,13)/t9-/m0/s1. The lowest BCUT2D eigenvalue weighted by Gasteiger charge is -2.09. The van der Waals surface area contributed by atoms with Crippen LogP contribution < -0.4 is 5.32 Å². The molecule has 1 rings (SSSR count). The number of cyclic esters (lactones) is 1. The third kappa shape index (κ3) is 4.32. The van der Waals surface area contributed by atoms with E-state index >= 15 is 0 Å². The van der Waals surface area contributed by atoms with Crippen LogP contribution in [0.25, 0.3) is 0 Å². The molecule has 0 aromatic carbocycles. The first-order chi connectivity index (χ1) is 7.09. The quantitative estimate of drug-likeness (QED) is 0.699. The molecule has 1 heterocycles. The second kappa shape index (κ2) is 5.73. The van der Waals surface area contributed by atoms with E-state index in [9.17, 15) is 9.59 Å². The number of carbonyl (C=O) groups excluding carboxylic acids is 2. The number of rotatable bonds is 5. The molecule has 4 nitrogen and oxygen atoms in total. The summed E-state index contributed by atoms with van der Waals surface area (Å²) in [5.41, 5.74) is 0. The first-order valence-electron chi connectivity index (χ1n) is 5.55. The summed E-state index contributed by atoms with van der Waals surface area (Å²) in [6.07, 6.45) is 3.03. The number of hydrogen-bond acceptors (Lipinski definition) is 3. The molecule has 1 aliphatic heterocycles. The summed E-state index contributed by atoms with van der Waals surface area (Å²) >= 11 is 0. The number of amides is 1. The summed E-state index contributed by atoms with van der Waals surface area (Å²) in [5.74, 6) is 0.279. The van der Waals surface area contributed by atoms with E-state index in [1.807, 2.05) is 0 Å². The average molecular weight is 213 g/mol. The van der Waals surface area contributed by atoms with Crippen LogP contribution in [-0.4, -0.2) is 24.5 Å². The van der Waals surface area contributed by atoms with E-state index in [2.05, 4.69) is 19.2 Å². The molecule has 1 saturated heterocycles. The van der Waals surface area contributed by atoms with E-state index < -0.39 is 6.04 Å². The van der Waals surface area contributed by atoms with Crippen molar-refractivity contribution in [1.29, 1.82) is 0 Å².